The lowest BCUT2D eigenvalue weighted by molar-refractivity contribution is 0.0843. The van der Waals surface area contributed by atoms with Gasteiger partial charge in [0, 0.05) is 19.2 Å². The van der Waals surface area contributed by atoms with Crippen LogP contribution in [0.4, 0.5) is 0 Å². The molecule has 0 aromatic heterocycles. The van der Waals surface area contributed by atoms with Gasteiger partial charge in [-0.3, -0.25) is 4.90 Å². The summed E-state index contributed by atoms with van der Waals surface area (Å²) in [6.45, 7) is 3.04. The van der Waals surface area contributed by atoms with Crippen LogP contribution >= 0.6 is 35.6 Å². The number of hydrogen-bond acceptors (Lipinski definition) is 2. The predicted molar refractivity (Wildman–Crippen MR) is 99.1 cm³/mol. The molecule has 124 valence electrons. The first-order valence-corrected chi connectivity index (χ1v) is 8.34. The molecule has 0 aliphatic carbocycles. The summed E-state index contributed by atoms with van der Waals surface area (Å²) in [4.78, 5) is 2.45. The molecule has 0 radical (unpaired) electrons. The van der Waals surface area contributed by atoms with E-state index in [9.17, 15) is 0 Å². The number of piperidine rings is 1. The molecule has 3 rings (SSSR count). The molecule has 0 spiro atoms. The summed E-state index contributed by atoms with van der Waals surface area (Å²) in [5.74, 6) is 0.793. The van der Waals surface area contributed by atoms with Gasteiger partial charge in [-0.2, -0.15) is 0 Å². The van der Waals surface area contributed by atoms with Crippen molar-refractivity contribution in [3.8, 4) is 5.75 Å². The lowest BCUT2D eigenvalue weighted by Gasteiger charge is -2.33. The zero-order valence-electron chi connectivity index (χ0n) is 12.8. The highest BCUT2D eigenvalue weighted by molar-refractivity contribution is 6.42. The Morgan fingerprint density at radius 1 is 1.04 bits per heavy atom. The third-order valence-electron chi connectivity index (χ3n) is 3.91. The van der Waals surface area contributed by atoms with Crippen LogP contribution in [-0.4, -0.2) is 24.1 Å². The van der Waals surface area contributed by atoms with Crippen LogP contribution in [0.5, 0.6) is 5.75 Å². The first-order chi connectivity index (χ1) is 10.7. The Hall–Kier alpha value is -0.930. The molecule has 1 atom stereocenters. The SMILES string of the molecule is Cl.Clc1ccc(OC2CCCN(Cc3ccccc3)C2)cc1Cl. The number of hydrogen-bond donors (Lipinski definition) is 0. The van der Waals surface area contributed by atoms with Gasteiger partial charge in [-0.05, 0) is 37.1 Å². The summed E-state index contributed by atoms with van der Waals surface area (Å²) in [5, 5.41) is 1.10. The standard InChI is InChI=1S/C18H19Cl2NO.ClH/c19-17-9-8-15(11-18(17)20)22-16-7-4-10-21(13-16)12-14-5-2-1-3-6-14;/h1-3,5-6,8-9,11,16H,4,7,10,12-13H2;1H. The van der Waals surface area contributed by atoms with Crippen molar-refractivity contribution < 1.29 is 4.74 Å². The maximum Gasteiger partial charge on any atom is 0.121 e. The van der Waals surface area contributed by atoms with E-state index in [1.54, 1.807) is 12.1 Å². The molecular weight excluding hydrogens is 353 g/mol. The molecule has 0 amide bonds. The maximum absolute atomic E-state index is 6.07. The number of halogens is 3. The van der Waals surface area contributed by atoms with Gasteiger partial charge in [0.05, 0.1) is 10.0 Å². The van der Waals surface area contributed by atoms with Crippen molar-refractivity contribution in [2.45, 2.75) is 25.5 Å². The average Bonchev–Trinajstić information content (AvgIpc) is 2.52. The molecule has 1 heterocycles. The van der Waals surface area contributed by atoms with E-state index in [0.29, 0.717) is 10.0 Å². The monoisotopic (exact) mass is 371 g/mol. The summed E-state index contributed by atoms with van der Waals surface area (Å²) >= 11 is 12.0. The van der Waals surface area contributed by atoms with Crippen LogP contribution in [0.3, 0.4) is 0 Å². The Morgan fingerprint density at radius 2 is 1.83 bits per heavy atom. The quantitative estimate of drug-likeness (QED) is 0.706. The van der Waals surface area contributed by atoms with Crippen molar-refractivity contribution in [1.29, 1.82) is 0 Å². The third-order valence-corrected chi connectivity index (χ3v) is 4.64. The van der Waals surface area contributed by atoms with Crippen molar-refractivity contribution in [2.75, 3.05) is 13.1 Å². The minimum atomic E-state index is 0. The van der Waals surface area contributed by atoms with Crippen LogP contribution < -0.4 is 4.74 Å². The van der Waals surface area contributed by atoms with Crippen molar-refractivity contribution in [3.05, 3.63) is 64.1 Å². The first-order valence-electron chi connectivity index (χ1n) is 7.59. The fourth-order valence-corrected chi connectivity index (χ4v) is 3.13. The highest BCUT2D eigenvalue weighted by Crippen LogP contribution is 2.28. The largest absolute Gasteiger partial charge is 0.489 e. The summed E-state index contributed by atoms with van der Waals surface area (Å²) < 4.78 is 6.07. The van der Waals surface area contributed by atoms with Gasteiger partial charge in [-0.15, -0.1) is 12.4 Å². The molecule has 0 bridgehead atoms. The molecule has 2 nitrogen and oxygen atoms in total. The first kappa shape index (κ1) is 18.4. The maximum atomic E-state index is 6.07. The molecular formula is C18H20Cl3NO. The number of likely N-dealkylation sites (tertiary alicyclic amines) is 1. The van der Waals surface area contributed by atoms with E-state index in [4.69, 9.17) is 27.9 Å². The lowest BCUT2D eigenvalue weighted by atomic mass is 10.1. The number of rotatable bonds is 4. The topological polar surface area (TPSA) is 12.5 Å². The van der Waals surface area contributed by atoms with Gasteiger partial charge in [-0.25, -0.2) is 0 Å². The molecule has 2 aromatic carbocycles. The van der Waals surface area contributed by atoms with E-state index >= 15 is 0 Å². The molecule has 2 aromatic rings. The normalized spacial score (nSPS) is 18.3. The van der Waals surface area contributed by atoms with Crippen LogP contribution in [0.2, 0.25) is 10.0 Å². The van der Waals surface area contributed by atoms with Gasteiger partial charge < -0.3 is 4.74 Å². The third kappa shape index (κ3) is 5.29. The zero-order valence-corrected chi connectivity index (χ0v) is 15.1. The summed E-state index contributed by atoms with van der Waals surface area (Å²) in [6.07, 6.45) is 2.43. The molecule has 1 fully saturated rings. The van der Waals surface area contributed by atoms with Crippen molar-refractivity contribution in [2.24, 2.45) is 0 Å². The van der Waals surface area contributed by atoms with E-state index in [1.165, 1.54) is 5.56 Å². The van der Waals surface area contributed by atoms with Crippen molar-refractivity contribution >= 4 is 35.6 Å². The van der Waals surface area contributed by atoms with Crippen molar-refractivity contribution in [3.63, 3.8) is 0 Å². The highest BCUT2D eigenvalue weighted by Gasteiger charge is 2.21. The molecule has 1 aliphatic heterocycles. The fourth-order valence-electron chi connectivity index (χ4n) is 2.84. The van der Waals surface area contributed by atoms with Gasteiger partial charge in [-0.1, -0.05) is 53.5 Å². The molecule has 5 heteroatoms. The lowest BCUT2D eigenvalue weighted by Crippen LogP contribution is -2.40. The summed E-state index contributed by atoms with van der Waals surface area (Å²) in [6, 6.07) is 16.0. The van der Waals surface area contributed by atoms with E-state index in [1.807, 2.05) is 6.07 Å². The Balaban J connectivity index is 0.00000192. The van der Waals surface area contributed by atoms with Gasteiger partial charge in [0.25, 0.3) is 0 Å². The van der Waals surface area contributed by atoms with Crippen LogP contribution in [0.1, 0.15) is 18.4 Å². The van der Waals surface area contributed by atoms with E-state index in [2.05, 4.69) is 35.2 Å². The molecule has 23 heavy (non-hydrogen) atoms. The molecule has 0 N–H and O–H groups in total. The highest BCUT2D eigenvalue weighted by atomic mass is 35.5. The fraction of sp³-hybridized carbons (Fsp3) is 0.333. The smallest absolute Gasteiger partial charge is 0.121 e. The second-order valence-electron chi connectivity index (χ2n) is 5.68. The van der Waals surface area contributed by atoms with Gasteiger partial charge in [0.15, 0.2) is 0 Å². The van der Waals surface area contributed by atoms with E-state index in [-0.39, 0.29) is 18.5 Å². The second-order valence-corrected chi connectivity index (χ2v) is 6.49. The van der Waals surface area contributed by atoms with Gasteiger partial charge in [0.2, 0.25) is 0 Å². The van der Waals surface area contributed by atoms with Crippen LogP contribution in [0.15, 0.2) is 48.5 Å². The van der Waals surface area contributed by atoms with E-state index < -0.39 is 0 Å². The second kappa shape index (κ2) is 8.79. The summed E-state index contributed by atoms with van der Waals surface area (Å²) in [5.41, 5.74) is 1.35. The minimum absolute atomic E-state index is 0. The molecule has 0 saturated carbocycles. The van der Waals surface area contributed by atoms with Crippen LogP contribution in [0.25, 0.3) is 0 Å². The zero-order chi connectivity index (χ0) is 15.4. The van der Waals surface area contributed by atoms with E-state index in [0.717, 1.165) is 38.2 Å². The minimum Gasteiger partial charge on any atom is -0.489 e. The van der Waals surface area contributed by atoms with Crippen LogP contribution in [0, 0.1) is 0 Å². The molecule has 1 aliphatic rings. The number of benzene rings is 2. The Kier molecular flexibility index (Phi) is 7.04. The Bertz CT molecular complexity index is 621. The molecule has 1 unspecified atom stereocenters. The number of ether oxygens (including phenoxy) is 1. The van der Waals surface area contributed by atoms with Gasteiger partial charge in [0.1, 0.15) is 11.9 Å². The molecule has 1 saturated heterocycles. The Labute approximate surface area is 153 Å². The van der Waals surface area contributed by atoms with Crippen LogP contribution in [-0.2, 0) is 6.54 Å². The van der Waals surface area contributed by atoms with Crippen molar-refractivity contribution in [1.82, 2.24) is 4.90 Å². The number of nitrogens with zero attached hydrogens (tertiary/aromatic N) is 1. The summed E-state index contributed by atoms with van der Waals surface area (Å²) in [7, 11) is 0. The predicted octanol–water partition coefficient (Wildman–Crippen LogP) is 5.46. The van der Waals surface area contributed by atoms with Gasteiger partial charge >= 0.3 is 0 Å². The Morgan fingerprint density at radius 3 is 2.57 bits per heavy atom. The average molecular weight is 373 g/mol.